The number of rotatable bonds is 3. The van der Waals surface area contributed by atoms with Crippen molar-refractivity contribution < 1.29 is 0 Å². The summed E-state index contributed by atoms with van der Waals surface area (Å²) in [6, 6.07) is 7.43. The van der Waals surface area contributed by atoms with Gasteiger partial charge in [-0.1, -0.05) is 6.07 Å². The smallest absolute Gasteiger partial charge is 0.0369 e. The van der Waals surface area contributed by atoms with Crippen molar-refractivity contribution in [1.29, 1.82) is 0 Å². The molecule has 1 aromatic rings. The lowest BCUT2D eigenvalue weighted by molar-refractivity contribution is 0.599. The van der Waals surface area contributed by atoms with Crippen LogP contribution in [0.1, 0.15) is 24.0 Å². The first-order valence-electron chi connectivity index (χ1n) is 6.18. The first kappa shape index (κ1) is 11.5. The molecule has 88 valence electrons. The normalized spacial score (nSPS) is 20.1. The van der Waals surface area contributed by atoms with Crippen LogP contribution in [0.15, 0.2) is 18.2 Å². The maximum absolute atomic E-state index is 3.54. The quantitative estimate of drug-likeness (QED) is 0.838. The third kappa shape index (κ3) is 2.76. The third-order valence-electron chi connectivity index (χ3n) is 3.30. The molecule has 0 unspecified atom stereocenters. The Labute approximate surface area is 98.7 Å². The molecule has 0 aromatic heterocycles. The predicted octanol–water partition coefficient (Wildman–Crippen LogP) is 2.49. The highest BCUT2D eigenvalue weighted by atomic mass is 15.1. The Kier molecular flexibility index (Phi) is 3.49. The van der Waals surface area contributed by atoms with Gasteiger partial charge in [0.05, 0.1) is 0 Å². The van der Waals surface area contributed by atoms with E-state index in [0.29, 0.717) is 6.04 Å². The molecule has 1 aliphatic rings. The number of nitrogens with one attached hydrogen (secondary N) is 1. The van der Waals surface area contributed by atoms with E-state index in [1.54, 1.807) is 0 Å². The molecule has 1 aliphatic heterocycles. The van der Waals surface area contributed by atoms with Crippen molar-refractivity contribution in [3.8, 4) is 0 Å². The molecular formula is C14H22N2. The Bertz CT molecular complexity index is 334. The fourth-order valence-corrected chi connectivity index (χ4v) is 2.52. The van der Waals surface area contributed by atoms with E-state index < -0.39 is 0 Å². The first-order chi connectivity index (χ1) is 7.65. The molecular weight excluding hydrogens is 196 g/mol. The van der Waals surface area contributed by atoms with Crippen LogP contribution in [0.25, 0.3) is 0 Å². The summed E-state index contributed by atoms with van der Waals surface area (Å²) in [6.45, 7) is 6.63. The van der Waals surface area contributed by atoms with Crippen LogP contribution in [0.4, 0.5) is 5.69 Å². The number of benzene rings is 1. The van der Waals surface area contributed by atoms with Crippen LogP contribution >= 0.6 is 0 Å². The minimum Gasteiger partial charge on any atom is -0.373 e. The second kappa shape index (κ2) is 4.88. The fourth-order valence-electron chi connectivity index (χ4n) is 2.52. The monoisotopic (exact) mass is 218 g/mol. The molecule has 1 aromatic carbocycles. The molecule has 1 saturated heterocycles. The maximum atomic E-state index is 3.54. The lowest BCUT2D eigenvalue weighted by Crippen LogP contribution is -2.35. The van der Waals surface area contributed by atoms with E-state index in [1.165, 1.54) is 36.2 Å². The number of aryl methyl sites for hydroxylation is 2. The topological polar surface area (TPSA) is 15.3 Å². The molecule has 0 aliphatic carbocycles. The SMILES string of the molecule is Cc1cc(C)cc(N(C)C[C@H]2CCCN2)c1. The van der Waals surface area contributed by atoms with Crippen molar-refractivity contribution in [2.75, 3.05) is 25.0 Å². The van der Waals surface area contributed by atoms with Crippen LogP contribution in [-0.2, 0) is 0 Å². The highest BCUT2D eigenvalue weighted by Gasteiger charge is 2.16. The second-order valence-electron chi connectivity index (χ2n) is 5.02. The number of anilines is 1. The van der Waals surface area contributed by atoms with Gasteiger partial charge in [0.25, 0.3) is 0 Å². The molecule has 1 fully saturated rings. The van der Waals surface area contributed by atoms with Gasteiger partial charge in [-0.25, -0.2) is 0 Å². The average molecular weight is 218 g/mol. The summed E-state index contributed by atoms with van der Waals surface area (Å²) in [7, 11) is 2.19. The Hall–Kier alpha value is -1.02. The van der Waals surface area contributed by atoms with Gasteiger partial charge in [0.15, 0.2) is 0 Å². The van der Waals surface area contributed by atoms with E-state index >= 15 is 0 Å². The van der Waals surface area contributed by atoms with Crippen LogP contribution < -0.4 is 10.2 Å². The Morgan fingerprint density at radius 3 is 2.50 bits per heavy atom. The van der Waals surface area contributed by atoms with Crippen molar-refractivity contribution in [1.82, 2.24) is 5.32 Å². The van der Waals surface area contributed by atoms with Gasteiger partial charge in [-0.3, -0.25) is 0 Å². The van der Waals surface area contributed by atoms with E-state index in [2.05, 4.69) is 49.3 Å². The molecule has 1 heterocycles. The zero-order valence-corrected chi connectivity index (χ0v) is 10.6. The predicted molar refractivity (Wildman–Crippen MR) is 70.2 cm³/mol. The Morgan fingerprint density at radius 1 is 1.25 bits per heavy atom. The fraction of sp³-hybridized carbons (Fsp3) is 0.571. The van der Waals surface area contributed by atoms with Gasteiger partial charge in [-0.05, 0) is 56.5 Å². The summed E-state index contributed by atoms with van der Waals surface area (Å²) in [5.74, 6) is 0. The highest BCUT2D eigenvalue weighted by molar-refractivity contribution is 5.50. The van der Waals surface area contributed by atoms with Gasteiger partial charge in [0, 0.05) is 25.3 Å². The minimum absolute atomic E-state index is 0.672. The van der Waals surface area contributed by atoms with E-state index in [9.17, 15) is 0 Å². The zero-order chi connectivity index (χ0) is 11.5. The maximum Gasteiger partial charge on any atom is 0.0369 e. The summed E-state index contributed by atoms with van der Waals surface area (Å²) in [5.41, 5.74) is 4.04. The summed E-state index contributed by atoms with van der Waals surface area (Å²) in [5, 5.41) is 3.54. The Morgan fingerprint density at radius 2 is 1.94 bits per heavy atom. The number of likely N-dealkylation sites (N-methyl/N-ethyl adjacent to an activating group) is 1. The van der Waals surface area contributed by atoms with Gasteiger partial charge < -0.3 is 10.2 Å². The van der Waals surface area contributed by atoms with Gasteiger partial charge in [0.1, 0.15) is 0 Å². The van der Waals surface area contributed by atoms with Crippen molar-refractivity contribution in [3.05, 3.63) is 29.3 Å². The van der Waals surface area contributed by atoms with E-state index in [4.69, 9.17) is 0 Å². The zero-order valence-electron chi connectivity index (χ0n) is 10.6. The van der Waals surface area contributed by atoms with E-state index in [0.717, 1.165) is 6.54 Å². The van der Waals surface area contributed by atoms with Crippen LogP contribution in [0.3, 0.4) is 0 Å². The van der Waals surface area contributed by atoms with Crippen molar-refractivity contribution >= 4 is 5.69 Å². The molecule has 2 heteroatoms. The van der Waals surface area contributed by atoms with E-state index in [-0.39, 0.29) is 0 Å². The van der Waals surface area contributed by atoms with Gasteiger partial charge in [-0.2, -0.15) is 0 Å². The van der Waals surface area contributed by atoms with Crippen molar-refractivity contribution in [3.63, 3.8) is 0 Å². The van der Waals surface area contributed by atoms with Gasteiger partial charge in [0.2, 0.25) is 0 Å². The lowest BCUT2D eigenvalue weighted by atomic mass is 10.1. The van der Waals surface area contributed by atoms with Gasteiger partial charge in [-0.15, -0.1) is 0 Å². The number of nitrogens with zero attached hydrogens (tertiary/aromatic N) is 1. The molecule has 2 nitrogen and oxygen atoms in total. The van der Waals surface area contributed by atoms with Gasteiger partial charge >= 0.3 is 0 Å². The summed E-state index contributed by atoms with van der Waals surface area (Å²) >= 11 is 0. The van der Waals surface area contributed by atoms with Crippen LogP contribution in [-0.4, -0.2) is 26.2 Å². The third-order valence-corrected chi connectivity index (χ3v) is 3.30. The molecule has 0 saturated carbocycles. The van der Waals surface area contributed by atoms with Crippen LogP contribution in [0.2, 0.25) is 0 Å². The first-order valence-corrected chi connectivity index (χ1v) is 6.18. The summed E-state index contributed by atoms with van der Waals surface area (Å²) in [4.78, 5) is 2.36. The van der Waals surface area contributed by atoms with Crippen molar-refractivity contribution in [2.24, 2.45) is 0 Å². The number of hydrogen-bond donors (Lipinski definition) is 1. The summed E-state index contributed by atoms with van der Waals surface area (Å²) < 4.78 is 0. The molecule has 0 amide bonds. The second-order valence-corrected chi connectivity index (χ2v) is 5.02. The van der Waals surface area contributed by atoms with Crippen LogP contribution in [0, 0.1) is 13.8 Å². The van der Waals surface area contributed by atoms with E-state index in [1.807, 2.05) is 0 Å². The highest BCUT2D eigenvalue weighted by Crippen LogP contribution is 2.18. The molecule has 0 spiro atoms. The molecule has 1 atom stereocenters. The lowest BCUT2D eigenvalue weighted by Gasteiger charge is -2.24. The number of hydrogen-bond acceptors (Lipinski definition) is 2. The molecule has 16 heavy (non-hydrogen) atoms. The summed E-state index contributed by atoms with van der Waals surface area (Å²) in [6.07, 6.45) is 2.64. The molecule has 0 bridgehead atoms. The largest absolute Gasteiger partial charge is 0.373 e. The Balaban J connectivity index is 2.04. The molecule has 0 radical (unpaired) electrons. The molecule has 2 rings (SSSR count). The minimum atomic E-state index is 0.672. The van der Waals surface area contributed by atoms with Crippen LogP contribution in [0.5, 0.6) is 0 Å². The van der Waals surface area contributed by atoms with Crippen molar-refractivity contribution in [2.45, 2.75) is 32.7 Å². The molecule has 1 N–H and O–H groups in total. The average Bonchev–Trinajstić information content (AvgIpc) is 2.68. The standard InChI is InChI=1S/C14H22N2/c1-11-7-12(2)9-14(8-11)16(3)10-13-5-4-6-15-13/h7-9,13,15H,4-6,10H2,1-3H3/t13-/m1/s1.